The van der Waals surface area contributed by atoms with Crippen molar-refractivity contribution in [2.24, 2.45) is 0 Å². The predicted octanol–water partition coefficient (Wildman–Crippen LogP) is 4.89. The Bertz CT molecular complexity index is 821. The van der Waals surface area contributed by atoms with Crippen LogP contribution < -0.4 is 0 Å². The number of hydrogen-bond acceptors (Lipinski definition) is 4. The minimum atomic E-state index is -0.227. The van der Waals surface area contributed by atoms with Gasteiger partial charge in [-0.05, 0) is 69.3 Å². The highest BCUT2D eigenvalue weighted by Gasteiger charge is 2.35. The Morgan fingerprint density at radius 2 is 1.94 bits per heavy atom. The molecule has 2 aliphatic rings. The van der Waals surface area contributed by atoms with Crippen molar-refractivity contribution in [2.75, 3.05) is 26.7 Å². The van der Waals surface area contributed by atoms with Crippen LogP contribution in [0, 0.1) is 0 Å². The van der Waals surface area contributed by atoms with E-state index in [1.54, 1.807) is 12.1 Å². The van der Waals surface area contributed by atoms with Gasteiger partial charge in [-0.1, -0.05) is 40.9 Å². The Morgan fingerprint density at radius 3 is 2.61 bits per heavy atom. The molecule has 1 aliphatic carbocycles. The van der Waals surface area contributed by atoms with Crippen molar-refractivity contribution in [2.45, 2.75) is 64.0 Å². The molecule has 1 amide bonds. The number of ether oxygens (including phenoxy) is 1. The summed E-state index contributed by atoms with van der Waals surface area (Å²) < 4.78 is 5.08. The standard InChI is InChI=1S/C24H32Cl2N2O3/c1-17(29)31-13-5-6-18-8-10-22(23(15-18)28-11-3-4-12-28)27(2)24(30)16-19-7-9-20(25)21(26)14-19/h7-9,14,22-23H,3-6,10-13,15-16H2,1-2H3. The van der Waals surface area contributed by atoms with Crippen LogP contribution in [0.2, 0.25) is 10.0 Å². The van der Waals surface area contributed by atoms with Crippen LogP contribution in [-0.4, -0.2) is 60.5 Å². The number of amides is 1. The van der Waals surface area contributed by atoms with E-state index in [0.29, 0.717) is 29.1 Å². The summed E-state index contributed by atoms with van der Waals surface area (Å²) >= 11 is 12.1. The summed E-state index contributed by atoms with van der Waals surface area (Å²) in [5.41, 5.74) is 2.28. The highest BCUT2D eigenvalue weighted by Crippen LogP contribution is 2.31. The highest BCUT2D eigenvalue weighted by molar-refractivity contribution is 6.42. The third-order valence-corrected chi connectivity index (χ3v) is 7.09. The van der Waals surface area contributed by atoms with Crippen LogP contribution in [0.1, 0.15) is 51.0 Å². The fourth-order valence-corrected chi connectivity index (χ4v) is 4.97. The van der Waals surface area contributed by atoms with Gasteiger partial charge in [-0.3, -0.25) is 14.5 Å². The molecule has 0 bridgehead atoms. The molecule has 31 heavy (non-hydrogen) atoms. The van der Waals surface area contributed by atoms with Crippen molar-refractivity contribution >= 4 is 35.1 Å². The molecular weight excluding hydrogens is 435 g/mol. The quantitative estimate of drug-likeness (QED) is 0.310. The summed E-state index contributed by atoms with van der Waals surface area (Å²) in [6, 6.07) is 5.87. The monoisotopic (exact) mass is 466 g/mol. The van der Waals surface area contributed by atoms with E-state index < -0.39 is 0 Å². The van der Waals surface area contributed by atoms with Gasteiger partial charge >= 0.3 is 5.97 Å². The van der Waals surface area contributed by atoms with E-state index in [9.17, 15) is 9.59 Å². The van der Waals surface area contributed by atoms with Crippen molar-refractivity contribution in [3.8, 4) is 0 Å². The lowest BCUT2D eigenvalue weighted by molar-refractivity contribution is -0.141. The van der Waals surface area contributed by atoms with Crippen molar-refractivity contribution in [1.29, 1.82) is 0 Å². The highest BCUT2D eigenvalue weighted by atomic mass is 35.5. The van der Waals surface area contributed by atoms with Crippen LogP contribution in [0.25, 0.3) is 0 Å². The normalized spacial score (nSPS) is 21.6. The summed E-state index contributed by atoms with van der Waals surface area (Å²) in [5.74, 6) is -0.131. The number of nitrogens with zero attached hydrogens (tertiary/aromatic N) is 2. The molecule has 1 aromatic rings. The zero-order valence-corrected chi connectivity index (χ0v) is 19.9. The van der Waals surface area contributed by atoms with E-state index in [1.165, 1.54) is 25.3 Å². The van der Waals surface area contributed by atoms with Crippen LogP contribution >= 0.6 is 23.2 Å². The van der Waals surface area contributed by atoms with Gasteiger partial charge in [0, 0.05) is 20.0 Å². The largest absolute Gasteiger partial charge is 0.466 e. The number of benzene rings is 1. The first-order valence-electron chi connectivity index (χ1n) is 11.1. The van der Waals surface area contributed by atoms with Gasteiger partial charge in [0.25, 0.3) is 0 Å². The van der Waals surface area contributed by atoms with Crippen LogP contribution in [0.15, 0.2) is 29.8 Å². The molecule has 0 aromatic heterocycles. The number of likely N-dealkylation sites (N-methyl/N-ethyl adjacent to an activating group) is 1. The first-order chi connectivity index (χ1) is 14.8. The van der Waals surface area contributed by atoms with Gasteiger partial charge in [0.05, 0.1) is 29.1 Å². The van der Waals surface area contributed by atoms with E-state index in [1.807, 2.05) is 18.0 Å². The maximum Gasteiger partial charge on any atom is 0.302 e. The molecule has 7 heteroatoms. The summed E-state index contributed by atoms with van der Waals surface area (Å²) in [6.07, 6.45) is 8.64. The fraction of sp³-hybridized carbons (Fsp3) is 0.583. The zero-order chi connectivity index (χ0) is 22.4. The van der Waals surface area contributed by atoms with Gasteiger partial charge in [-0.15, -0.1) is 0 Å². The molecule has 5 nitrogen and oxygen atoms in total. The van der Waals surface area contributed by atoms with Crippen molar-refractivity contribution in [3.05, 3.63) is 45.5 Å². The van der Waals surface area contributed by atoms with Crippen LogP contribution in [-0.2, 0) is 20.7 Å². The van der Waals surface area contributed by atoms with Gasteiger partial charge in [0.1, 0.15) is 0 Å². The molecule has 1 fully saturated rings. The van der Waals surface area contributed by atoms with Gasteiger partial charge in [0.2, 0.25) is 5.91 Å². The van der Waals surface area contributed by atoms with Crippen molar-refractivity contribution in [1.82, 2.24) is 9.80 Å². The maximum absolute atomic E-state index is 13.1. The van der Waals surface area contributed by atoms with Crippen LogP contribution in [0.5, 0.6) is 0 Å². The second-order valence-corrected chi connectivity index (χ2v) is 9.37. The Hall–Kier alpha value is -1.56. The number of halogens is 2. The molecule has 0 saturated carbocycles. The number of likely N-dealkylation sites (tertiary alicyclic amines) is 1. The summed E-state index contributed by atoms with van der Waals surface area (Å²) in [5, 5.41) is 0.975. The lowest BCUT2D eigenvalue weighted by Gasteiger charge is -2.42. The molecule has 0 spiro atoms. The number of rotatable bonds is 8. The SMILES string of the molecule is CC(=O)OCCCC1=CCC(N(C)C(=O)Cc2ccc(Cl)c(Cl)c2)C(N2CCCC2)C1. The molecule has 170 valence electrons. The number of esters is 1. The molecule has 3 rings (SSSR count). The number of hydrogen-bond donors (Lipinski definition) is 0. The number of carbonyl (C=O) groups is 2. The van der Waals surface area contributed by atoms with Gasteiger partial charge < -0.3 is 9.64 Å². The van der Waals surface area contributed by atoms with Crippen molar-refractivity contribution in [3.63, 3.8) is 0 Å². The van der Waals surface area contributed by atoms with Crippen molar-refractivity contribution < 1.29 is 14.3 Å². The summed E-state index contributed by atoms with van der Waals surface area (Å²) in [6.45, 7) is 4.10. The second kappa shape index (κ2) is 11.3. The number of carbonyl (C=O) groups excluding carboxylic acids is 2. The molecule has 0 N–H and O–H groups in total. The molecular formula is C24H32Cl2N2O3. The van der Waals surface area contributed by atoms with E-state index in [0.717, 1.165) is 44.3 Å². The average molecular weight is 467 g/mol. The molecule has 1 saturated heterocycles. The fourth-order valence-electron chi connectivity index (χ4n) is 4.65. The zero-order valence-electron chi connectivity index (χ0n) is 18.4. The van der Waals surface area contributed by atoms with E-state index in [-0.39, 0.29) is 17.9 Å². The average Bonchev–Trinajstić information content (AvgIpc) is 3.28. The summed E-state index contributed by atoms with van der Waals surface area (Å²) in [7, 11) is 1.92. The minimum Gasteiger partial charge on any atom is -0.466 e. The van der Waals surface area contributed by atoms with Crippen LogP contribution in [0.3, 0.4) is 0 Å². The molecule has 2 atom stereocenters. The van der Waals surface area contributed by atoms with Gasteiger partial charge in [0.15, 0.2) is 0 Å². The Morgan fingerprint density at radius 1 is 1.19 bits per heavy atom. The minimum absolute atomic E-state index is 0.0966. The van der Waals surface area contributed by atoms with Crippen LogP contribution in [0.4, 0.5) is 0 Å². The maximum atomic E-state index is 13.1. The van der Waals surface area contributed by atoms with E-state index in [4.69, 9.17) is 27.9 Å². The van der Waals surface area contributed by atoms with Gasteiger partial charge in [-0.25, -0.2) is 0 Å². The Kier molecular flexibility index (Phi) is 8.82. The first kappa shape index (κ1) is 24.1. The lowest BCUT2D eigenvalue weighted by atomic mass is 9.86. The third kappa shape index (κ3) is 6.71. The molecule has 1 aromatic carbocycles. The topological polar surface area (TPSA) is 49.9 Å². The van der Waals surface area contributed by atoms with E-state index in [2.05, 4.69) is 11.0 Å². The molecule has 2 unspecified atom stereocenters. The second-order valence-electron chi connectivity index (χ2n) is 8.55. The Labute approximate surface area is 195 Å². The Balaban J connectivity index is 1.65. The third-order valence-electron chi connectivity index (χ3n) is 6.35. The van der Waals surface area contributed by atoms with E-state index >= 15 is 0 Å². The first-order valence-corrected chi connectivity index (χ1v) is 11.9. The predicted molar refractivity (Wildman–Crippen MR) is 125 cm³/mol. The van der Waals surface area contributed by atoms with Gasteiger partial charge in [-0.2, -0.15) is 0 Å². The summed E-state index contributed by atoms with van der Waals surface area (Å²) in [4.78, 5) is 28.5. The smallest absolute Gasteiger partial charge is 0.302 e. The molecule has 0 radical (unpaired) electrons. The molecule has 1 heterocycles. The lowest BCUT2D eigenvalue weighted by Crippen LogP contribution is -2.53. The molecule has 1 aliphatic heterocycles.